The number of rotatable bonds is 9. The second-order valence-electron chi connectivity index (χ2n) is 8.44. The van der Waals surface area contributed by atoms with Crippen molar-refractivity contribution in [1.82, 2.24) is 9.80 Å². The number of ketones is 1. The number of carbonyl (C=O) groups excluding carboxylic acids is 2. The zero-order valence-corrected chi connectivity index (χ0v) is 21.2. The van der Waals surface area contributed by atoms with E-state index in [0.29, 0.717) is 40.7 Å². The van der Waals surface area contributed by atoms with Gasteiger partial charge in [0.15, 0.2) is 11.5 Å². The fourth-order valence-electron chi connectivity index (χ4n) is 4.21. The molecule has 9 heteroatoms. The van der Waals surface area contributed by atoms with Gasteiger partial charge in [-0.1, -0.05) is 0 Å². The lowest BCUT2D eigenvalue weighted by Crippen LogP contribution is -2.35. The van der Waals surface area contributed by atoms with Crippen LogP contribution in [0.25, 0.3) is 5.76 Å². The van der Waals surface area contributed by atoms with Crippen LogP contribution in [0.5, 0.6) is 23.0 Å². The summed E-state index contributed by atoms with van der Waals surface area (Å²) in [5.74, 6) is 0.0793. The number of benzene rings is 2. The highest BCUT2D eigenvalue weighted by molar-refractivity contribution is 6.46. The lowest BCUT2D eigenvalue weighted by molar-refractivity contribution is -0.140. The maximum absolute atomic E-state index is 13.3. The Bertz CT molecular complexity index is 1130. The van der Waals surface area contributed by atoms with E-state index in [1.807, 2.05) is 25.9 Å². The predicted molar refractivity (Wildman–Crippen MR) is 131 cm³/mol. The molecule has 0 aliphatic carbocycles. The zero-order valence-electron chi connectivity index (χ0n) is 21.2. The van der Waals surface area contributed by atoms with E-state index in [0.717, 1.165) is 5.56 Å². The van der Waals surface area contributed by atoms with Crippen LogP contribution in [0.3, 0.4) is 0 Å². The largest absolute Gasteiger partial charge is 0.507 e. The number of aliphatic hydroxyl groups is 1. The van der Waals surface area contributed by atoms with E-state index in [4.69, 9.17) is 18.9 Å². The fraction of sp³-hybridized carbons (Fsp3) is 0.385. The minimum absolute atomic E-state index is 0.00686. The van der Waals surface area contributed by atoms with Gasteiger partial charge in [-0.05, 0) is 62.5 Å². The van der Waals surface area contributed by atoms with Crippen molar-refractivity contribution in [3.05, 3.63) is 52.6 Å². The molecule has 1 aliphatic heterocycles. The average molecular weight is 485 g/mol. The van der Waals surface area contributed by atoms with Crippen LogP contribution in [-0.2, 0) is 9.59 Å². The summed E-state index contributed by atoms with van der Waals surface area (Å²) in [5.41, 5.74) is 1.73. The van der Waals surface area contributed by atoms with E-state index in [1.54, 1.807) is 37.4 Å². The molecule has 0 aromatic heterocycles. The molecule has 1 atom stereocenters. The smallest absolute Gasteiger partial charge is 0.295 e. The van der Waals surface area contributed by atoms with Gasteiger partial charge in [-0.15, -0.1) is 0 Å². The maximum atomic E-state index is 13.3. The summed E-state index contributed by atoms with van der Waals surface area (Å²) < 4.78 is 21.7. The lowest BCUT2D eigenvalue weighted by atomic mass is 9.94. The topological polar surface area (TPSA) is 97.8 Å². The molecule has 9 nitrogen and oxygen atoms in total. The van der Waals surface area contributed by atoms with Crippen molar-refractivity contribution in [1.29, 1.82) is 0 Å². The Morgan fingerprint density at radius 2 is 1.54 bits per heavy atom. The molecule has 35 heavy (non-hydrogen) atoms. The first-order valence-electron chi connectivity index (χ1n) is 11.1. The van der Waals surface area contributed by atoms with Gasteiger partial charge in [-0.2, -0.15) is 0 Å². The minimum Gasteiger partial charge on any atom is -0.507 e. The molecule has 1 saturated heterocycles. The zero-order chi connectivity index (χ0) is 25.9. The SMILES string of the molecule is COc1ccc(C(O)=C2C(=O)C(=O)N(CCN(C)C)[C@H]2c2cc(OC)c(OC)c(OC)c2)cc1C. The Labute approximate surface area is 205 Å². The summed E-state index contributed by atoms with van der Waals surface area (Å²) in [6.45, 7) is 2.63. The molecule has 1 N–H and O–H groups in total. The van der Waals surface area contributed by atoms with Crippen LogP contribution in [0.1, 0.15) is 22.7 Å². The number of hydrogen-bond acceptors (Lipinski definition) is 8. The first-order valence-corrected chi connectivity index (χ1v) is 11.1. The van der Waals surface area contributed by atoms with Crippen LogP contribution in [0.15, 0.2) is 35.9 Å². The van der Waals surface area contributed by atoms with Crippen LogP contribution >= 0.6 is 0 Å². The number of likely N-dealkylation sites (tertiary alicyclic amines) is 1. The number of Topliss-reactive ketones (excluding diaryl/α,β-unsaturated/α-hetero) is 1. The minimum atomic E-state index is -0.855. The molecule has 2 aromatic rings. The monoisotopic (exact) mass is 484 g/mol. The summed E-state index contributed by atoms with van der Waals surface area (Å²) in [4.78, 5) is 29.8. The molecule has 1 aliphatic rings. The van der Waals surface area contributed by atoms with Crippen molar-refractivity contribution in [2.75, 3.05) is 55.6 Å². The average Bonchev–Trinajstić information content (AvgIpc) is 3.10. The van der Waals surface area contributed by atoms with Crippen LogP contribution in [0.4, 0.5) is 0 Å². The Morgan fingerprint density at radius 1 is 0.943 bits per heavy atom. The van der Waals surface area contributed by atoms with Crippen molar-refractivity contribution >= 4 is 17.4 Å². The van der Waals surface area contributed by atoms with Gasteiger partial charge in [0.2, 0.25) is 5.75 Å². The molecule has 0 bridgehead atoms. The number of aliphatic hydroxyl groups excluding tert-OH is 1. The molecular formula is C26H32N2O7. The molecule has 0 spiro atoms. The predicted octanol–water partition coefficient (Wildman–Crippen LogP) is 3.01. The molecule has 0 saturated carbocycles. The number of ether oxygens (including phenoxy) is 4. The first-order chi connectivity index (χ1) is 16.7. The highest BCUT2D eigenvalue weighted by Gasteiger charge is 2.46. The van der Waals surface area contributed by atoms with Gasteiger partial charge in [0.1, 0.15) is 11.5 Å². The highest BCUT2D eigenvalue weighted by Crippen LogP contribution is 2.45. The van der Waals surface area contributed by atoms with Gasteiger partial charge in [0.25, 0.3) is 11.7 Å². The Kier molecular flexibility index (Phi) is 7.91. The van der Waals surface area contributed by atoms with Gasteiger partial charge >= 0.3 is 0 Å². The lowest BCUT2D eigenvalue weighted by Gasteiger charge is -2.27. The van der Waals surface area contributed by atoms with Crippen molar-refractivity contribution in [3.63, 3.8) is 0 Å². The van der Waals surface area contributed by atoms with Gasteiger partial charge in [0.05, 0.1) is 40.1 Å². The number of carbonyl (C=O) groups is 2. The van der Waals surface area contributed by atoms with E-state index in [1.165, 1.54) is 26.2 Å². The molecule has 1 amide bonds. The third-order valence-corrected chi connectivity index (χ3v) is 6.00. The second kappa shape index (κ2) is 10.7. The number of nitrogens with zero attached hydrogens (tertiary/aromatic N) is 2. The molecule has 0 unspecified atom stereocenters. The Morgan fingerprint density at radius 3 is 2.03 bits per heavy atom. The Hall–Kier alpha value is -3.72. The van der Waals surface area contributed by atoms with E-state index >= 15 is 0 Å². The molecule has 3 rings (SSSR count). The molecule has 188 valence electrons. The van der Waals surface area contributed by atoms with Crippen LogP contribution in [0, 0.1) is 6.92 Å². The van der Waals surface area contributed by atoms with Gasteiger partial charge in [-0.25, -0.2) is 0 Å². The number of likely N-dealkylation sites (N-methyl/N-ethyl adjacent to an activating group) is 1. The van der Waals surface area contributed by atoms with Crippen molar-refractivity contribution in [3.8, 4) is 23.0 Å². The quantitative estimate of drug-likeness (QED) is 0.330. The van der Waals surface area contributed by atoms with E-state index in [9.17, 15) is 14.7 Å². The number of methoxy groups -OCH3 is 4. The Balaban J connectivity index is 2.26. The van der Waals surface area contributed by atoms with Crippen LogP contribution in [0.2, 0.25) is 0 Å². The highest BCUT2D eigenvalue weighted by atomic mass is 16.5. The second-order valence-corrected chi connectivity index (χ2v) is 8.44. The summed E-state index contributed by atoms with van der Waals surface area (Å²) >= 11 is 0. The van der Waals surface area contributed by atoms with Crippen molar-refractivity contribution < 1.29 is 33.6 Å². The summed E-state index contributed by atoms with van der Waals surface area (Å²) in [7, 11) is 9.79. The number of amides is 1. The summed E-state index contributed by atoms with van der Waals surface area (Å²) in [6.07, 6.45) is 0. The van der Waals surface area contributed by atoms with Crippen molar-refractivity contribution in [2.24, 2.45) is 0 Å². The molecule has 1 heterocycles. The van der Waals surface area contributed by atoms with E-state index in [-0.39, 0.29) is 17.9 Å². The van der Waals surface area contributed by atoms with Gasteiger partial charge in [0, 0.05) is 18.7 Å². The van der Waals surface area contributed by atoms with Crippen LogP contribution < -0.4 is 18.9 Å². The van der Waals surface area contributed by atoms with Crippen LogP contribution in [-0.4, -0.2) is 82.2 Å². The molecule has 0 radical (unpaired) electrons. The van der Waals surface area contributed by atoms with Gasteiger partial charge < -0.3 is 33.9 Å². The first kappa shape index (κ1) is 25.9. The van der Waals surface area contributed by atoms with Crippen molar-refractivity contribution in [2.45, 2.75) is 13.0 Å². The molecule has 2 aromatic carbocycles. The third kappa shape index (κ3) is 4.90. The number of aryl methyl sites for hydroxylation is 1. The maximum Gasteiger partial charge on any atom is 0.295 e. The fourth-order valence-corrected chi connectivity index (χ4v) is 4.21. The normalized spacial score (nSPS) is 17.1. The summed E-state index contributed by atoms with van der Waals surface area (Å²) in [5, 5.41) is 11.3. The third-order valence-electron chi connectivity index (χ3n) is 6.00. The molecule has 1 fully saturated rings. The van der Waals surface area contributed by atoms with E-state index in [2.05, 4.69) is 0 Å². The van der Waals surface area contributed by atoms with Gasteiger partial charge in [-0.3, -0.25) is 9.59 Å². The standard InChI is InChI=1S/C26H32N2O7/c1-15-12-16(8-9-18(15)32-4)23(29)21-22(28(11-10-27(2)3)26(31)24(21)30)17-13-19(33-5)25(35-7)20(14-17)34-6/h8-9,12-14,22,29H,10-11H2,1-7H3/t22-/m0/s1. The summed E-state index contributed by atoms with van der Waals surface area (Å²) in [6, 6.07) is 7.60. The number of hydrogen-bond donors (Lipinski definition) is 1. The molecular weight excluding hydrogens is 452 g/mol. The van der Waals surface area contributed by atoms with E-state index < -0.39 is 17.7 Å².